The molecule has 0 bridgehead atoms. The van der Waals surface area contributed by atoms with E-state index in [2.05, 4.69) is 58.3 Å². The van der Waals surface area contributed by atoms with E-state index in [1.165, 1.54) is 22.3 Å². The molecule has 1 aliphatic rings. The van der Waals surface area contributed by atoms with E-state index in [1.807, 2.05) is 36.3 Å². The Balaban J connectivity index is 1.24. The smallest absolute Gasteiger partial charge is 0.119 e. The molecule has 0 saturated carbocycles. The molecule has 0 aliphatic carbocycles. The molecule has 0 amide bonds. The summed E-state index contributed by atoms with van der Waals surface area (Å²) in [4.78, 5) is 4.55. The van der Waals surface area contributed by atoms with Crippen LogP contribution in [0.25, 0.3) is 0 Å². The zero-order valence-electron chi connectivity index (χ0n) is 18.4. The highest BCUT2D eigenvalue weighted by molar-refractivity contribution is 5.29. The fraction of sp³-hybridized carbons (Fsp3) is 0.400. The molecule has 0 unspecified atom stereocenters. The van der Waals surface area contributed by atoms with Gasteiger partial charge in [0.25, 0.3) is 0 Å². The lowest BCUT2D eigenvalue weighted by atomic mass is 10.00. The highest BCUT2D eigenvalue weighted by Gasteiger charge is 2.18. The van der Waals surface area contributed by atoms with Gasteiger partial charge in [0.15, 0.2) is 0 Å². The molecule has 31 heavy (non-hydrogen) atoms. The van der Waals surface area contributed by atoms with E-state index in [0.29, 0.717) is 13.2 Å². The van der Waals surface area contributed by atoms with Crippen LogP contribution >= 0.6 is 0 Å². The highest BCUT2D eigenvalue weighted by Crippen LogP contribution is 2.19. The Labute approximate surface area is 184 Å². The number of aliphatic hydroxyl groups excluding tert-OH is 1. The number of hydrogen-bond donors (Lipinski definition) is 1. The van der Waals surface area contributed by atoms with Gasteiger partial charge in [-0.2, -0.15) is 5.10 Å². The predicted molar refractivity (Wildman–Crippen MR) is 122 cm³/mol. The van der Waals surface area contributed by atoms with Gasteiger partial charge in [0.1, 0.15) is 18.5 Å². The van der Waals surface area contributed by atoms with Crippen molar-refractivity contribution in [2.45, 2.75) is 32.2 Å². The molecule has 0 fully saturated rings. The van der Waals surface area contributed by atoms with Crippen molar-refractivity contribution >= 4 is 0 Å². The maximum absolute atomic E-state index is 10.5. The molecule has 3 aromatic rings. The van der Waals surface area contributed by atoms with Crippen LogP contribution in [0.4, 0.5) is 0 Å². The molecule has 1 atom stereocenters. The molecular weight excluding hydrogens is 388 g/mol. The molecule has 1 aliphatic heterocycles. The molecule has 0 saturated heterocycles. The monoisotopic (exact) mass is 420 g/mol. The summed E-state index contributed by atoms with van der Waals surface area (Å²) in [5.74, 6) is 0.801. The number of aromatic nitrogens is 2. The van der Waals surface area contributed by atoms with Crippen LogP contribution in [0.3, 0.4) is 0 Å². The van der Waals surface area contributed by atoms with Crippen LogP contribution in [0.2, 0.25) is 0 Å². The minimum Gasteiger partial charge on any atom is -0.491 e. The Hall–Kier alpha value is -2.67. The van der Waals surface area contributed by atoms with Crippen molar-refractivity contribution in [3.8, 4) is 5.75 Å². The van der Waals surface area contributed by atoms with Gasteiger partial charge >= 0.3 is 0 Å². The molecule has 164 valence electrons. The zero-order valence-corrected chi connectivity index (χ0v) is 18.4. The molecule has 4 rings (SSSR count). The number of nitrogens with zero attached hydrogens (tertiary/aromatic N) is 4. The number of aryl methyl sites for hydroxylation is 1. The highest BCUT2D eigenvalue weighted by atomic mass is 16.5. The Bertz CT molecular complexity index is 987. The lowest BCUT2D eigenvalue weighted by Crippen LogP contribution is -2.38. The van der Waals surface area contributed by atoms with Crippen molar-refractivity contribution in [2.75, 3.05) is 26.7 Å². The maximum Gasteiger partial charge on any atom is 0.119 e. The fourth-order valence-corrected chi connectivity index (χ4v) is 4.22. The topological polar surface area (TPSA) is 53.8 Å². The Morgan fingerprint density at radius 3 is 2.71 bits per heavy atom. The Morgan fingerprint density at radius 2 is 1.90 bits per heavy atom. The van der Waals surface area contributed by atoms with Crippen molar-refractivity contribution in [2.24, 2.45) is 7.05 Å². The summed E-state index contributed by atoms with van der Waals surface area (Å²) in [6.07, 6.45) is 4.47. The van der Waals surface area contributed by atoms with Crippen molar-refractivity contribution in [1.82, 2.24) is 19.6 Å². The number of benzene rings is 2. The molecule has 1 aromatic heterocycles. The van der Waals surface area contributed by atoms with E-state index in [1.54, 1.807) is 0 Å². The van der Waals surface area contributed by atoms with Crippen LogP contribution in [0, 0.1) is 0 Å². The summed E-state index contributed by atoms with van der Waals surface area (Å²) < 4.78 is 7.74. The average molecular weight is 421 g/mol. The number of fused-ring (bicyclic) bond motifs is 1. The zero-order chi connectivity index (χ0) is 21.6. The van der Waals surface area contributed by atoms with E-state index in [4.69, 9.17) is 4.74 Å². The molecule has 6 nitrogen and oxygen atoms in total. The third-order valence-electron chi connectivity index (χ3n) is 5.68. The van der Waals surface area contributed by atoms with Crippen LogP contribution in [-0.4, -0.2) is 57.5 Å². The normalized spacial score (nSPS) is 15.1. The van der Waals surface area contributed by atoms with Crippen LogP contribution in [0.15, 0.2) is 60.9 Å². The van der Waals surface area contributed by atoms with Crippen molar-refractivity contribution in [3.63, 3.8) is 0 Å². The number of ether oxygens (including phenoxy) is 1. The third kappa shape index (κ3) is 6.17. The van der Waals surface area contributed by atoms with E-state index in [-0.39, 0.29) is 0 Å². The predicted octanol–water partition coefficient (Wildman–Crippen LogP) is 2.85. The first-order valence-electron chi connectivity index (χ1n) is 10.9. The van der Waals surface area contributed by atoms with Crippen molar-refractivity contribution < 1.29 is 9.84 Å². The summed E-state index contributed by atoms with van der Waals surface area (Å²) in [6.45, 7) is 4.46. The third-order valence-corrected chi connectivity index (χ3v) is 5.68. The van der Waals surface area contributed by atoms with Crippen LogP contribution in [0.1, 0.15) is 22.3 Å². The molecule has 2 heterocycles. The fourth-order valence-electron chi connectivity index (χ4n) is 4.22. The summed E-state index contributed by atoms with van der Waals surface area (Å²) in [5.41, 5.74) is 5.17. The van der Waals surface area contributed by atoms with E-state index in [0.717, 1.165) is 38.3 Å². The van der Waals surface area contributed by atoms with Crippen LogP contribution < -0.4 is 4.74 Å². The standard InChI is InChI=1S/C25H32N4O2/c1-27(15-21-13-26-28(2)16-21)14-20-6-5-9-25(12-20)31-19-24(30)18-29-11-10-22-7-3-4-8-23(22)17-29/h3-9,12-13,16,24,30H,10-11,14-15,17-19H2,1-2H3/t24-/m1/s1. The first-order valence-corrected chi connectivity index (χ1v) is 10.9. The van der Waals surface area contributed by atoms with Gasteiger partial charge in [-0.1, -0.05) is 36.4 Å². The van der Waals surface area contributed by atoms with Gasteiger partial charge in [-0.05, 0) is 42.3 Å². The van der Waals surface area contributed by atoms with E-state index >= 15 is 0 Å². The second-order valence-electron chi connectivity index (χ2n) is 8.56. The van der Waals surface area contributed by atoms with Gasteiger partial charge in [-0.3, -0.25) is 14.5 Å². The minimum atomic E-state index is -0.512. The first-order chi connectivity index (χ1) is 15.0. The largest absolute Gasteiger partial charge is 0.491 e. The minimum absolute atomic E-state index is 0.299. The van der Waals surface area contributed by atoms with E-state index in [9.17, 15) is 5.11 Å². The lowest BCUT2D eigenvalue weighted by Gasteiger charge is -2.30. The Kier molecular flexibility index (Phi) is 7.02. The SMILES string of the molecule is CN(Cc1cccc(OC[C@H](O)CN2CCc3ccccc3C2)c1)Cc1cnn(C)c1. The quantitative estimate of drug-likeness (QED) is 0.577. The summed E-state index contributed by atoms with van der Waals surface area (Å²) in [7, 11) is 4.03. The molecule has 6 heteroatoms. The first kappa shape index (κ1) is 21.6. The van der Waals surface area contributed by atoms with Gasteiger partial charge in [0.05, 0.1) is 6.20 Å². The van der Waals surface area contributed by atoms with Gasteiger partial charge < -0.3 is 9.84 Å². The molecular formula is C25H32N4O2. The van der Waals surface area contributed by atoms with Crippen molar-refractivity contribution in [1.29, 1.82) is 0 Å². The average Bonchev–Trinajstić information content (AvgIpc) is 3.16. The summed E-state index contributed by atoms with van der Waals surface area (Å²) >= 11 is 0. The number of hydrogen-bond acceptors (Lipinski definition) is 5. The Morgan fingerprint density at radius 1 is 1.10 bits per heavy atom. The van der Waals surface area contributed by atoms with Crippen LogP contribution in [0.5, 0.6) is 5.75 Å². The number of β-amino-alcohol motifs (C(OH)–C–C–N with tert-alkyl or cyclic N) is 1. The number of rotatable bonds is 9. The summed E-state index contributed by atoms with van der Waals surface area (Å²) in [5, 5.41) is 14.7. The second-order valence-corrected chi connectivity index (χ2v) is 8.56. The lowest BCUT2D eigenvalue weighted by molar-refractivity contribution is 0.0637. The summed E-state index contributed by atoms with van der Waals surface area (Å²) in [6, 6.07) is 16.7. The second kappa shape index (κ2) is 10.1. The van der Waals surface area contributed by atoms with Gasteiger partial charge in [0.2, 0.25) is 0 Å². The van der Waals surface area contributed by atoms with Gasteiger partial charge in [0, 0.05) is 51.5 Å². The molecule has 2 aromatic carbocycles. The van der Waals surface area contributed by atoms with Crippen molar-refractivity contribution in [3.05, 3.63) is 83.2 Å². The van der Waals surface area contributed by atoms with E-state index < -0.39 is 6.10 Å². The van der Waals surface area contributed by atoms with Gasteiger partial charge in [-0.15, -0.1) is 0 Å². The maximum atomic E-state index is 10.5. The number of aliphatic hydroxyl groups is 1. The molecule has 0 radical (unpaired) electrons. The van der Waals surface area contributed by atoms with Crippen LogP contribution in [-0.2, 0) is 33.1 Å². The van der Waals surface area contributed by atoms with Gasteiger partial charge in [-0.25, -0.2) is 0 Å². The molecule has 0 spiro atoms. The molecule has 1 N–H and O–H groups in total.